The van der Waals surface area contributed by atoms with Crippen molar-refractivity contribution in [2.24, 2.45) is 0 Å². The molecule has 0 amide bonds. The third-order valence-electron chi connectivity index (χ3n) is 3.27. The second-order valence-electron chi connectivity index (χ2n) is 4.59. The van der Waals surface area contributed by atoms with Gasteiger partial charge in [0.25, 0.3) is 0 Å². The van der Waals surface area contributed by atoms with E-state index >= 15 is 0 Å². The molecule has 1 saturated heterocycles. The Hall–Kier alpha value is -1.34. The first-order chi connectivity index (χ1) is 8.54. The van der Waals surface area contributed by atoms with Crippen molar-refractivity contribution in [1.29, 1.82) is 0 Å². The van der Waals surface area contributed by atoms with Crippen LogP contribution in [0.3, 0.4) is 0 Å². The molecule has 7 heteroatoms. The van der Waals surface area contributed by atoms with Crippen LogP contribution in [0.15, 0.2) is 0 Å². The van der Waals surface area contributed by atoms with Crippen molar-refractivity contribution in [2.45, 2.75) is 12.5 Å². The number of esters is 1. The number of likely N-dealkylation sites (N-methyl/N-ethyl adjacent to an activating group) is 1. The highest BCUT2D eigenvalue weighted by Gasteiger charge is 2.30. The number of nitrogen functional groups attached to an aromatic ring is 1. The third-order valence-corrected chi connectivity index (χ3v) is 4.19. The molecule has 1 aromatic rings. The van der Waals surface area contributed by atoms with E-state index in [4.69, 9.17) is 10.5 Å². The van der Waals surface area contributed by atoms with Crippen LogP contribution in [0.2, 0.25) is 0 Å². The van der Waals surface area contributed by atoms with Gasteiger partial charge in [-0.3, -0.25) is 0 Å². The number of hydrogen-bond donors (Lipinski definition) is 1. The van der Waals surface area contributed by atoms with Crippen LogP contribution in [-0.2, 0) is 4.74 Å². The van der Waals surface area contributed by atoms with E-state index in [1.54, 1.807) is 0 Å². The van der Waals surface area contributed by atoms with Crippen LogP contribution in [0.5, 0.6) is 0 Å². The summed E-state index contributed by atoms with van der Waals surface area (Å²) in [5.41, 5.74) is 6.15. The first kappa shape index (κ1) is 13.1. The van der Waals surface area contributed by atoms with Crippen LogP contribution in [0.25, 0.3) is 0 Å². The maximum Gasteiger partial charge on any atom is 0.344 e. The molecule has 1 fully saturated rings. The van der Waals surface area contributed by atoms with Crippen LogP contribution in [0.1, 0.15) is 16.8 Å². The molecule has 1 unspecified atom stereocenters. The average molecular weight is 270 g/mol. The summed E-state index contributed by atoms with van der Waals surface area (Å²) in [5, 5.41) is 0.823. The van der Waals surface area contributed by atoms with Crippen molar-refractivity contribution in [1.82, 2.24) is 9.27 Å². The Labute approximate surface area is 110 Å². The maximum absolute atomic E-state index is 11.7. The summed E-state index contributed by atoms with van der Waals surface area (Å²) < 4.78 is 8.82. The Bertz CT molecular complexity index is 446. The van der Waals surface area contributed by atoms with E-state index in [0.717, 1.165) is 24.5 Å². The molecule has 1 aliphatic rings. The van der Waals surface area contributed by atoms with E-state index in [-0.39, 0.29) is 5.82 Å². The van der Waals surface area contributed by atoms with Gasteiger partial charge in [0, 0.05) is 19.1 Å². The zero-order valence-corrected chi connectivity index (χ0v) is 11.7. The second-order valence-corrected chi connectivity index (χ2v) is 5.34. The zero-order valence-electron chi connectivity index (χ0n) is 10.8. The molecule has 0 saturated carbocycles. The molecule has 0 bridgehead atoms. The molecule has 0 spiro atoms. The summed E-state index contributed by atoms with van der Waals surface area (Å²) in [6.45, 7) is 1.80. The fourth-order valence-corrected chi connectivity index (χ4v) is 2.99. The van der Waals surface area contributed by atoms with Gasteiger partial charge in [0.1, 0.15) is 10.6 Å². The van der Waals surface area contributed by atoms with E-state index in [1.807, 2.05) is 0 Å². The molecule has 6 nitrogen and oxygen atoms in total. The lowest BCUT2D eigenvalue weighted by Gasteiger charge is -2.20. The Morgan fingerprint density at radius 3 is 2.89 bits per heavy atom. The van der Waals surface area contributed by atoms with Crippen LogP contribution >= 0.6 is 11.5 Å². The number of ether oxygens (including phenoxy) is 1. The molecule has 1 atom stereocenters. The quantitative estimate of drug-likeness (QED) is 0.813. The second kappa shape index (κ2) is 5.11. The van der Waals surface area contributed by atoms with Gasteiger partial charge in [0.15, 0.2) is 5.82 Å². The Morgan fingerprint density at radius 1 is 1.61 bits per heavy atom. The maximum atomic E-state index is 11.7. The smallest absolute Gasteiger partial charge is 0.344 e. The van der Waals surface area contributed by atoms with Crippen molar-refractivity contribution < 1.29 is 9.53 Å². The largest absolute Gasteiger partial charge is 0.465 e. The van der Waals surface area contributed by atoms with Gasteiger partial charge in [0.05, 0.1) is 7.11 Å². The number of carbonyl (C=O) groups excluding carboxylic acids is 1. The van der Waals surface area contributed by atoms with Crippen LogP contribution in [0, 0.1) is 0 Å². The number of methoxy groups -OCH3 is 1. The van der Waals surface area contributed by atoms with Crippen molar-refractivity contribution in [2.75, 3.05) is 44.9 Å². The first-order valence-corrected chi connectivity index (χ1v) is 6.56. The standard InChI is InChI=1S/C11H18N4O2S/c1-14(2)7-4-5-15(6-7)10-8(11(16)17-3)9(12)13-18-10/h7H,4-6H2,1-3H3,(H2,12,13). The van der Waals surface area contributed by atoms with E-state index in [0.29, 0.717) is 11.6 Å². The average Bonchev–Trinajstić information content (AvgIpc) is 2.94. The van der Waals surface area contributed by atoms with Gasteiger partial charge in [0.2, 0.25) is 0 Å². The van der Waals surface area contributed by atoms with Crippen molar-refractivity contribution in [3.8, 4) is 0 Å². The SMILES string of the molecule is COC(=O)c1c(N)nsc1N1CCC(N(C)C)C1. The first-order valence-electron chi connectivity index (χ1n) is 5.79. The third kappa shape index (κ3) is 2.28. The highest BCUT2D eigenvalue weighted by Crippen LogP contribution is 2.33. The van der Waals surface area contributed by atoms with Crippen LogP contribution < -0.4 is 10.6 Å². The number of anilines is 2. The van der Waals surface area contributed by atoms with Crippen molar-refractivity contribution >= 4 is 28.3 Å². The molecule has 1 aliphatic heterocycles. The van der Waals surface area contributed by atoms with Crippen molar-refractivity contribution in [3.63, 3.8) is 0 Å². The molecule has 100 valence electrons. The molecular formula is C11H18N4O2S. The Morgan fingerprint density at radius 2 is 2.33 bits per heavy atom. The fourth-order valence-electron chi connectivity index (χ4n) is 2.15. The minimum atomic E-state index is -0.412. The lowest BCUT2D eigenvalue weighted by molar-refractivity contribution is 0.0603. The molecule has 2 heterocycles. The van der Waals surface area contributed by atoms with Crippen LogP contribution in [-0.4, -0.2) is 55.6 Å². The summed E-state index contributed by atoms with van der Waals surface area (Å²) in [6.07, 6.45) is 1.07. The number of nitrogens with zero attached hydrogens (tertiary/aromatic N) is 3. The predicted molar refractivity (Wildman–Crippen MR) is 72.2 cm³/mol. The number of rotatable bonds is 3. The highest BCUT2D eigenvalue weighted by atomic mass is 32.1. The van der Waals surface area contributed by atoms with Gasteiger partial charge in [-0.1, -0.05) is 0 Å². The fraction of sp³-hybridized carbons (Fsp3) is 0.636. The number of carbonyl (C=O) groups is 1. The summed E-state index contributed by atoms with van der Waals surface area (Å²) in [7, 11) is 5.49. The molecule has 1 aromatic heterocycles. The molecular weight excluding hydrogens is 252 g/mol. The summed E-state index contributed by atoms with van der Waals surface area (Å²) in [5.74, 6) is -0.153. The molecule has 18 heavy (non-hydrogen) atoms. The van der Waals surface area contributed by atoms with Gasteiger partial charge in [-0.15, -0.1) is 0 Å². The monoisotopic (exact) mass is 270 g/mol. The summed E-state index contributed by atoms with van der Waals surface area (Å²) in [6, 6.07) is 0.499. The molecule has 2 rings (SSSR count). The van der Waals surface area contributed by atoms with E-state index in [2.05, 4.69) is 28.3 Å². The molecule has 0 radical (unpaired) electrons. The number of nitrogens with two attached hydrogens (primary N) is 1. The molecule has 0 aliphatic carbocycles. The minimum absolute atomic E-state index is 0.259. The predicted octanol–water partition coefficient (Wildman–Crippen LogP) is 0.652. The topological polar surface area (TPSA) is 71.7 Å². The van der Waals surface area contributed by atoms with Gasteiger partial charge < -0.3 is 20.3 Å². The van der Waals surface area contributed by atoms with E-state index in [1.165, 1.54) is 18.6 Å². The van der Waals surface area contributed by atoms with Gasteiger partial charge >= 0.3 is 5.97 Å². The zero-order chi connectivity index (χ0) is 13.3. The number of aromatic nitrogens is 1. The number of hydrogen-bond acceptors (Lipinski definition) is 7. The van der Waals surface area contributed by atoms with E-state index in [9.17, 15) is 4.79 Å². The Kier molecular flexibility index (Phi) is 3.72. The lowest BCUT2D eigenvalue weighted by atomic mass is 10.2. The van der Waals surface area contributed by atoms with Crippen LogP contribution in [0.4, 0.5) is 10.8 Å². The minimum Gasteiger partial charge on any atom is -0.465 e. The molecule has 0 aromatic carbocycles. The van der Waals surface area contributed by atoms with Gasteiger partial charge in [-0.05, 0) is 32.0 Å². The summed E-state index contributed by atoms with van der Waals surface area (Å²) >= 11 is 1.26. The highest BCUT2D eigenvalue weighted by molar-refractivity contribution is 7.11. The van der Waals surface area contributed by atoms with E-state index < -0.39 is 5.97 Å². The van der Waals surface area contributed by atoms with Gasteiger partial charge in [-0.25, -0.2) is 4.79 Å². The lowest BCUT2D eigenvalue weighted by Crippen LogP contribution is -2.31. The molecule has 2 N–H and O–H groups in total. The van der Waals surface area contributed by atoms with Crippen molar-refractivity contribution in [3.05, 3.63) is 5.56 Å². The normalized spacial score (nSPS) is 19.6. The Balaban J connectivity index is 2.22. The summed E-state index contributed by atoms with van der Waals surface area (Å²) in [4.78, 5) is 16.1. The van der Waals surface area contributed by atoms with Gasteiger partial charge in [-0.2, -0.15) is 4.37 Å².